The second-order valence-electron chi connectivity index (χ2n) is 7.75. The van der Waals surface area contributed by atoms with Gasteiger partial charge in [0.1, 0.15) is 11.6 Å². The molecule has 0 radical (unpaired) electrons. The molecule has 0 atom stereocenters. The van der Waals surface area contributed by atoms with Crippen molar-refractivity contribution in [3.05, 3.63) is 71.3 Å². The molecule has 0 bridgehead atoms. The highest BCUT2D eigenvalue weighted by Crippen LogP contribution is 2.29. The smallest absolute Gasteiger partial charge is 0.254 e. The summed E-state index contributed by atoms with van der Waals surface area (Å²) in [5, 5.41) is 9.49. The number of nitrogens with zero attached hydrogens (tertiary/aromatic N) is 4. The molecule has 0 aliphatic carbocycles. The minimum absolute atomic E-state index is 0.103. The van der Waals surface area contributed by atoms with Gasteiger partial charge in [-0.2, -0.15) is 0 Å². The summed E-state index contributed by atoms with van der Waals surface area (Å²) in [5.74, 6) is 1.42. The summed E-state index contributed by atoms with van der Waals surface area (Å²) in [6, 6.07) is 14.1. The molecule has 5 nitrogen and oxygen atoms in total. The van der Waals surface area contributed by atoms with E-state index in [1.165, 1.54) is 23.9 Å². The molecule has 0 saturated carbocycles. The lowest BCUT2D eigenvalue weighted by Crippen LogP contribution is -2.28. The molecule has 3 aromatic rings. The Balaban J connectivity index is 1.61. The molecular formula is C23H25FN4OS. The van der Waals surface area contributed by atoms with Crippen LogP contribution in [0.1, 0.15) is 54.4 Å². The highest BCUT2D eigenvalue weighted by atomic mass is 32.2. The Morgan fingerprint density at radius 1 is 1.07 bits per heavy atom. The first-order valence-electron chi connectivity index (χ1n) is 10.3. The van der Waals surface area contributed by atoms with Gasteiger partial charge in [0.05, 0.1) is 0 Å². The van der Waals surface area contributed by atoms with Crippen LogP contribution in [0.5, 0.6) is 0 Å². The molecule has 0 N–H and O–H groups in total. The maximum absolute atomic E-state index is 13.4. The number of likely N-dealkylation sites (tertiary alicyclic amines) is 1. The number of hydrogen-bond acceptors (Lipinski definition) is 4. The monoisotopic (exact) mass is 424 g/mol. The average molecular weight is 425 g/mol. The van der Waals surface area contributed by atoms with Gasteiger partial charge in [-0.05, 0) is 48.7 Å². The molecule has 1 amide bonds. The normalized spacial score (nSPS) is 13.9. The third kappa shape index (κ3) is 4.26. The molecule has 2 heterocycles. The molecule has 0 spiro atoms. The van der Waals surface area contributed by atoms with E-state index in [-0.39, 0.29) is 17.6 Å². The van der Waals surface area contributed by atoms with E-state index in [0.717, 1.165) is 53.7 Å². The number of rotatable bonds is 6. The van der Waals surface area contributed by atoms with E-state index < -0.39 is 0 Å². The zero-order valence-corrected chi connectivity index (χ0v) is 18.0. The highest BCUT2D eigenvalue weighted by molar-refractivity contribution is 7.98. The predicted octanol–water partition coefficient (Wildman–Crippen LogP) is 5.06. The van der Waals surface area contributed by atoms with Gasteiger partial charge in [-0.1, -0.05) is 43.8 Å². The lowest BCUT2D eigenvalue weighted by atomic mass is 10.1. The summed E-state index contributed by atoms with van der Waals surface area (Å²) in [4.78, 5) is 14.9. The molecule has 1 saturated heterocycles. The number of hydrogen-bond donors (Lipinski definition) is 0. The second kappa shape index (κ2) is 9.00. The molecule has 0 unspecified atom stereocenters. The highest BCUT2D eigenvalue weighted by Gasteiger charge is 2.22. The van der Waals surface area contributed by atoms with Crippen LogP contribution in [0.4, 0.5) is 4.39 Å². The van der Waals surface area contributed by atoms with Crippen LogP contribution in [0, 0.1) is 5.82 Å². The van der Waals surface area contributed by atoms with Crippen LogP contribution < -0.4 is 0 Å². The minimum Gasteiger partial charge on any atom is -0.339 e. The largest absolute Gasteiger partial charge is 0.339 e. The Labute approximate surface area is 180 Å². The Morgan fingerprint density at radius 3 is 2.47 bits per heavy atom. The number of benzene rings is 2. The van der Waals surface area contributed by atoms with Gasteiger partial charge in [-0.3, -0.25) is 9.36 Å². The molecule has 156 valence electrons. The lowest BCUT2D eigenvalue weighted by molar-refractivity contribution is 0.0792. The van der Waals surface area contributed by atoms with E-state index in [0.29, 0.717) is 5.75 Å². The Kier molecular flexibility index (Phi) is 6.18. The summed E-state index contributed by atoms with van der Waals surface area (Å²) < 4.78 is 15.4. The van der Waals surface area contributed by atoms with E-state index in [4.69, 9.17) is 0 Å². The van der Waals surface area contributed by atoms with Crippen molar-refractivity contribution in [1.29, 1.82) is 0 Å². The summed E-state index contributed by atoms with van der Waals surface area (Å²) in [5.41, 5.74) is 2.57. The Hall–Kier alpha value is -2.67. The van der Waals surface area contributed by atoms with Gasteiger partial charge in [-0.25, -0.2) is 4.39 Å². The van der Waals surface area contributed by atoms with E-state index in [2.05, 4.69) is 24.0 Å². The number of carbonyl (C=O) groups is 1. The van der Waals surface area contributed by atoms with Crippen LogP contribution >= 0.6 is 11.8 Å². The fraction of sp³-hybridized carbons (Fsp3) is 0.348. The summed E-state index contributed by atoms with van der Waals surface area (Å²) in [7, 11) is 0. The van der Waals surface area contributed by atoms with Crippen molar-refractivity contribution in [3.8, 4) is 5.69 Å². The maximum Gasteiger partial charge on any atom is 0.254 e. The molecule has 2 aromatic carbocycles. The molecule has 30 heavy (non-hydrogen) atoms. The number of carbonyl (C=O) groups excluding carboxylic acids is 1. The summed E-state index contributed by atoms with van der Waals surface area (Å²) in [6.45, 7) is 5.78. The predicted molar refractivity (Wildman–Crippen MR) is 117 cm³/mol. The van der Waals surface area contributed by atoms with Crippen molar-refractivity contribution < 1.29 is 9.18 Å². The number of amides is 1. The molecule has 4 rings (SSSR count). The zero-order chi connectivity index (χ0) is 21.1. The van der Waals surface area contributed by atoms with Crippen LogP contribution in [0.2, 0.25) is 0 Å². The first-order chi connectivity index (χ1) is 14.5. The fourth-order valence-electron chi connectivity index (χ4n) is 3.67. The lowest BCUT2D eigenvalue weighted by Gasteiger charge is -2.17. The van der Waals surface area contributed by atoms with Crippen LogP contribution in [0.25, 0.3) is 5.69 Å². The van der Waals surface area contributed by atoms with Gasteiger partial charge < -0.3 is 4.90 Å². The SMILES string of the molecule is CC(C)c1nnc(SCc2ccccc2C(=O)N2CCCC2)n1-c1ccc(F)cc1. The molecule has 1 aliphatic heterocycles. The summed E-state index contributed by atoms with van der Waals surface area (Å²) >= 11 is 1.54. The van der Waals surface area contributed by atoms with E-state index in [1.807, 2.05) is 33.7 Å². The third-order valence-electron chi connectivity index (χ3n) is 5.26. The first kappa shape index (κ1) is 20.6. The minimum atomic E-state index is -0.276. The maximum atomic E-state index is 13.4. The second-order valence-corrected chi connectivity index (χ2v) is 8.69. The van der Waals surface area contributed by atoms with Crippen molar-refractivity contribution in [1.82, 2.24) is 19.7 Å². The van der Waals surface area contributed by atoms with Crippen molar-refractivity contribution in [3.63, 3.8) is 0 Å². The van der Waals surface area contributed by atoms with Crippen molar-refractivity contribution >= 4 is 17.7 Å². The molecule has 1 aliphatic rings. The number of halogens is 1. The Bertz CT molecular complexity index is 1030. The molecule has 1 fully saturated rings. The third-order valence-corrected chi connectivity index (χ3v) is 6.24. The van der Waals surface area contributed by atoms with E-state index in [1.54, 1.807) is 12.1 Å². The zero-order valence-electron chi connectivity index (χ0n) is 17.2. The first-order valence-corrected chi connectivity index (χ1v) is 11.2. The standard InChI is InChI=1S/C23H25FN4OS/c1-16(2)21-25-26-23(28(21)19-11-9-18(24)10-12-19)30-15-17-7-3-4-8-20(17)22(29)27-13-5-6-14-27/h3-4,7-12,16H,5-6,13-15H2,1-2H3. The number of aromatic nitrogens is 3. The van der Waals surface area contributed by atoms with Gasteiger partial charge in [0.25, 0.3) is 5.91 Å². The Morgan fingerprint density at radius 2 is 1.77 bits per heavy atom. The fourth-order valence-corrected chi connectivity index (χ4v) is 4.63. The number of thioether (sulfide) groups is 1. The van der Waals surface area contributed by atoms with Crippen LogP contribution in [-0.4, -0.2) is 38.7 Å². The molecule has 7 heteroatoms. The average Bonchev–Trinajstić information content (AvgIpc) is 3.43. The van der Waals surface area contributed by atoms with Crippen molar-refractivity contribution in [2.75, 3.05) is 13.1 Å². The quantitative estimate of drug-likeness (QED) is 0.519. The van der Waals surface area contributed by atoms with Gasteiger partial charge in [0.2, 0.25) is 0 Å². The van der Waals surface area contributed by atoms with Gasteiger partial charge >= 0.3 is 0 Å². The van der Waals surface area contributed by atoms with Crippen molar-refractivity contribution in [2.45, 2.75) is 43.5 Å². The van der Waals surface area contributed by atoms with Crippen molar-refractivity contribution in [2.24, 2.45) is 0 Å². The van der Waals surface area contributed by atoms with Gasteiger partial charge in [-0.15, -0.1) is 10.2 Å². The molecular weight excluding hydrogens is 399 g/mol. The van der Waals surface area contributed by atoms with E-state index >= 15 is 0 Å². The van der Waals surface area contributed by atoms with Gasteiger partial charge in [0.15, 0.2) is 5.16 Å². The molecule has 1 aromatic heterocycles. The van der Waals surface area contributed by atoms with Crippen LogP contribution in [0.15, 0.2) is 53.7 Å². The van der Waals surface area contributed by atoms with Crippen LogP contribution in [-0.2, 0) is 5.75 Å². The van der Waals surface area contributed by atoms with E-state index in [9.17, 15) is 9.18 Å². The van der Waals surface area contributed by atoms with Crippen LogP contribution in [0.3, 0.4) is 0 Å². The summed E-state index contributed by atoms with van der Waals surface area (Å²) in [6.07, 6.45) is 2.14. The van der Waals surface area contributed by atoms with Gasteiger partial charge in [0, 0.05) is 36.0 Å². The topological polar surface area (TPSA) is 51.0 Å².